The van der Waals surface area contributed by atoms with Gasteiger partial charge < -0.3 is 14.6 Å². The average molecular weight is 349 g/mol. The first-order valence-corrected chi connectivity index (χ1v) is 7.71. The van der Waals surface area contributed by atoms with Crippen molar-refractivity contribution in [2.45, 2.75) is 6.92 Å². The average Bonchev–Trinajstić information content (AvgIpc) is 2.90. The summed E-state index contributed by atoms with van der Waals surface area (Å²) in [6, 6.07) is 4.99. The third kappa shape index (κ3) is 4.35. The van der Waals surface area contributed by atoms with Crippen LogP contribution in [0.2, 0.25) is 0 Å². The molecule has 0 radical (unpaired) electrons. The summed E-state index contributed by atoms with van der Waals surface area (Å²) in [6.45, 7) is 2.24. The maximum atomic E-state index is 11.6. The minimum Gasteiger partial charge on any atom is -0.504 e. The maximum absolute atomic E-state index is 11.6. The summed E-state index contributed by atoms with van der Waals surface area (Å²) >= 11 is 0.962. The van der Waals surface area contributed by atoms with Crippen LogP contribution in [0.5, 0.6) is 11.5 Å². The summed E-state index contributed by atoms with van der Waals surface area (Å²) in [7, 11) is 1.22. The lowest BCUT2D eigenvalue weighted by atomic mass is 10.2. The number of esters is 1. The van der Waals surface area contributed by atoms with Gasteiger partial charge in [-0.05, 0) is 30.8 Å². The van der Waals surface area contributed by atoms with Gasteiger partial charge in [-0.25, -0.2) is 4.79 Å². The molecule has 0 atom stereocenters. The predicted molar refractivity (Wildman–Crippen MR) is 90.1 cm³/mol. The molecule has 126 valence electrons. The van der Waals surface area contributed by atoms with Crippen LogP contribution in [-0.4, -0.2) is 42.1 Å². The van der Waals surface area contributed by atoms with E-state index >= 15 is 0 Å². The van der Waals surface area contributed by atoms with Crippen molar-refractivity contribution in [3.05, 3.63) is 34.7 Å². The molecule has 1 aliphatic heterocycles. The van der Waals surface area contributed by atoms with Crippen molar-refractivity contribution in [2.75, 3.05) is 13.7 Å². The van der Waals surface area contributed by atoms with Crippen LogP contribution in [0.25, 0.3) is 0 Å². The Morgan fingerprint density at radius 1 is 1.46 bits per heavy atom. The summed E-state index contributed by atoms with van der Waals surface area (Å²) in [5.74, 6) is -0.783. The van der Waals surface area contributed by atoms with E-state index in [1.165, 1.54) is 13.3 Å². The molecule has 1 fully saturated rings. The summed E-state index contributed by atoms with van der Waals surface area (Å²) < 4.78 is 9.73. The van der Waals surface area contributed by atoms with Gasteiger partial charge in [0.25, 0.3) is 5.91 Å². The summed E-state index contributed by atoms with van der Waals surface area (Å²) in [6.07, 6.45) is 2.41. The molecule has 2 rings (SSSR count). The Morgan fingerprint density at radius 3 is 2.96 bits per heavy atom. The molecule has 8 nitrogen and oxygen atoms in total. The molecular formula is C15H15N3O5S. The number of carbonyl (C=O) groups is 2. The number of aromatic hydroxyl groups is 1. The Balaban J connectivity index is 2.10. The van der Waals surface area contributed by atoms with E-state index in [1.807, 2.05) is 6.92 Å². The highest BCUT2D eigenvalue weighted by Gasteiger charge is 2.25. The molecule has 9 heteroatoms. The normalized spacial score (nSPS) is 17.5. The van der Waals surface area contributed by atoms with Gasteiger partial charge in [0.1, 0.15) is 0 Å². The fourth-order valence-corrected chi connectivity index (χ4v) is 2.44. The molecule has 1 amide bonds. The molecule has 1 aromatic rings. The Morgan fingerprint density at radius 2 is 2.25 bits per heavy atom. The molecular weight excluding hydrogens is 334 g/mol. The van der Waals surface area contributed by atoms with Gasteiger partial charge in [-0.15, -0.1) is 5.10 Å². The fraction of sp³-hybridized carbons (Fsp3) is 0.200. The number of phenolic OH excluding ortho intramolecular Hbond substituents is 1. The second-order valence-electron chi connectivity index (χ2n) is 4.36. The molecule has 1 aliphatic rings. The van der Waals surface area contributed by atoms with Gasteiger partial charge in [-0.3, -0.25) is 10.1 Å². The topological polar surface area (TPSA) is 110 Å². The number of methoxy groups -OCH3 is 1. The molecule has 0 aliphatic carbocycles. The number of rotatable bonds is 5. The van der Waals surface area contributed by atoms with E-state index in [2.05, 4.69) is 20.3 Å². The summed E-state index contributed by atoms with van der Waals surface area (Å²) in [4.78, 5) is 22.9. The fourth-order valence-electron chi connectivity index (χ4n) is 1.70. The number of thioether (sulfide) groups is 1. The van der Waals surface area contributed by atoms with Crippen LogP contribution in [0.4, 0.5) is 0 Å². The van der Waals surface area contributed by atoms with Gasteiger partial charge in [0.15, 0.2) is 16.7 Å². The minimum absolute atomic E-state index is 0.0438. The van der Waals surface area contributed by atoms with Crippen LogP contribution >= 0.6 is 11.8 Å². The van der Waals surface area contributed by atoms with Crippen LogP contribution in [0, 0.1) is 0 Å². The van der Waals surface area contributed by atoms with Crippen LogP contribution in [-0.2, 0) is 14.3 Å². The molecule has 1 saturated heterocycles. The monoisotopic (exact) mass is 349 g/mol. The van der Waals surface area contributed by atoms with Gasteiger partial charge in [-0.2, -0.15) is 5.10 Å². The van der Waals surface area contributed by atoms with Gasteiger partial charge >= 0.3 is 5.97 Å². The summed E-state index contributed by atoms with van der Waals surface area (Å²) in [5, 5.41) is 20.4. The van der Waals surface area contributed by atoms with Crippen molar-refractivity contribution in [3.63, 3.8) is 0 Å². The first-order valence-electron chi connectivity index (χ1n) is 6.89. The zero-order valence-corrected chi connectivity index (χ0v) is 13.8. The number of hydrogen-bond donors (Lipinski definition) is 2. The molecule has 1 aromatic carbocycles. The van der Waals surface area contributed by atoms with Gasteiger partial charge in [0.2, 0.25) is 0 Å². The third-order valence-corrected chi connectivity index (χ3v) is 3.68. The third-order valence-electron chi connectivity index (χ3n) is 2.78. The number of carbonyl (C=O) groups excluding carboxylic acids is 2. The Kier molecular flexibility index (Phi) is 5.96. The number of amides is 1. The number of amidine groups is 1. The lowest BCUT2D eigenvalue weighted by Crippen LogP contribution is -2.19. The highest BCUT2D eigenvalue weighted by Crippen LogP contribution is 2.28. The van der Waals surface area contributed by atoms with Crippen molar-refractivity contribution in [1.29, 1.82) is 0 Å². The van der Waals surface area contributed by atoms with Gasteiger partial charge in [0, 0.05) is 11.6 Å². The van der Waals surface area contributed by atoms with E-state index in [1.54, 1.807) is 18.2 Å². The lowest BCUT2D eigenvalue weighted by molar-refractivity contribution is -0.135. The molecule has 1 heterocycles. The number of hydrogen-bond acceptors (Lipinski definition) is 8. The molecule has 0 aromatic heterocycles. The molecule has 0 unspecified atom stereocenters. The van der Waals surface area contributed by atoms with E-state index in [4.69, 9.17) is 4.74 Å². The number of nitrogens with one attached hydrogen (secondary N) is 1. The number of ether oxygens (including phenoxy) is 2. The zero-order valence-electron chi connectivity index (χ0n) is 13.0. The molecule has 0 bridgehead atoms. The lowest BCUT2D eigenvalue weighted by Gasteiger charge is -2.06. The highest BCUT2D eigenvalue weighted by molar-refractivity contribution is 8.18. The van der Waals surface area contributed by atoms with Crippen LogP contribution in [0.15, 0.2) is 39.4 Å². The molecule has 0 spiro atoms. The minimum atomic E-state index is -0.630. The Labute approximate surface area is 142 Å². The van der Waals surface area contributed by atoms with Crippen molar-refractivity contribution in [3.8, 4) is 11.5 Å². The van der Waals surface area contributed by atoms with Crippen LogP contribution in [0.3, 0.4) is 0 Å². The van der Waals surface area contributed by atoms with Crippen molar-refractivity contribution in [1.82, 2.24) is 5.32 Å². The zero-order chi connectivity index (χ0) is 17.5. The van der Waals surface area contributed by atoms with Crippen molar-refractivity contribution in [2.24, 2.45) is 10.2 Å². The highest BCUT2D eigenvalue weighted by atomic mass is 32.2. The molecule has 24 heavy (non-hydrogen) atoms. The second kappa shape index (κ2) is 8.16. The van der Waals surface area contributed by atoms with E-state index in [0.29, 0.717) is 17.9 Å². The largest absolute Gasteiger partial charge is 0.504 e. The van der Waals surface area contributed by atoms with Crippen LogP contribution < -0.4 is 10.1 Å². The molecule has 2 N–H and O–H groups in total. The number of benzene rings is 1. The van der Waals surface area contributed by atoms with E-state index in [9.17, 15) is 14.7 Å². The maximum Gasteiger partial charge on any atom is 0.331 e. The van der Waals surface area contributed by atoms with E-state index in [-0.39, 0.29) is 15.8 Å². The first kappa shape index (κ1) is 17.5. The SMILES string of the molecule is CCOc1cccc(C=N/N=C2/NC(=O)/C(=C\C(=O)OC)S2)c1O. The standard InChI is InChI=1S/C15H15N3O5S/c1-3-23-10-6-4-5-9(13(10)20)8-16-18-15-17-14(21)11(24-15)7-12(19)22-2/h4-8,20H,3H2,1-2H3,(H,17,18,21)/b11-7+,16-8?. The Hall–Kier alpha value is -2.81. The van der Waals surface area contributed by atoms with Gasteiger partial charge in [0.05, 0.1) is 24.8 Å². The smallest absolute Gasteiger partial charge is 0.331 e. The van der Waals surface area contributed by atoms with E-state index < -0.39 is 11.9 Å². The number of phenols is 1. The van der Waals surface area contributed by atoms with Crippen LogP contribution in [0.1, 0.15) is 12.5 Å². The quantitative estimate of drug-likeness (QED) is 0.360. The number of nitrogens with zero attached hydrogens (tertiary/aromatic N) is 2. The van der Waals surface area contributed by atoms with Crippen molar-refractivity contribution >= 4 is 35.0 Å². The first-order chi connectivity index (χ1) is 11.5. The van der Waals surface area contributed by atoms with E-state index in [0.717, 1.165) is 17.8 Å². The second-order valence-corrected chi connectivity index (χ2v) is 5.40. The molecule has 0 saturated carbocycles. The van der Waals surface area contributed by atoms with Crippen molar-refractivity contribution < 1.29 is 24.2 Å². The predicted octanol–water partition coefficient (Wildman–Crippen LogP) is 1.40. The van der Waals surface area contributed by atoms with Gasteiger partial charge in [-0.1, -0.05) is 6.07 Å². The number of para-hydroxylation sites is 1. The summed E-state index contributed by atoms with van der Waals surface area (Å²) in [5.41, 5.74) is 0.421. The Bertz CT molecular complexity index is 743.